The van der Waals surface area contributed by atoms with Crippen molar-refractivity contribution in [1.29, 1.82) is 0 Å². The second-order valence-electron chi connectivity index (χ2n) is 4.48. The van der Waals surface area contributed by atoms with Crippen molar-refractivity contribution in [3.8, 4) is 11.5 Å². The minimum atomic E-state index is -0.256. The Balaban J connectivity index is 2.04. The topological polar surface area (TPSA) is 90.9 Å². The first-order valence-corrected chi connectivity index (χ1v) is 6.59. The van der Waals surface area contributed by atoms with Gasteiger partial charge in [-0.05, 0) is 24.3 Å². The number of carbonyl (C=O) groups excluding carboxylic acids is 1. The van der Waals surface area contributed by atoms with Gasteiger partial charge >= 0.3 is 0 Å². The molecule has 0 spiro atoms. The number of nitrogens with one attached hydrogen (secondary N) is 2. The van der Waals surface area contributed by atoms with Gasteiger partial charge in [0.15, 0.2) is 5.82 Å². The van der Waals surface area contributed by atoms with Crippen LogP contribution in [0.25, 0.3) is 22.6 Å². The number of fused-ring (bicyclic) bond motifs is 1. The van der Waals surface area contributed by atoms with Crippen molar-refractivity contribution >= 4 is 16.9 Å². The molecule has 0 bridgehead atoms. The zero-order chi connectivity index (χ0) is 14.7. The summed E-state index contributed by atoms with van der Waals surface area (Å²) in [7, 11) is 0. The van der Waals surface area contributed by atoms with Crippen molar-refractivity contribution in [3.05, 3.63) is 48.2 Å². The molecular formula is C15H14N4O2. The van der Waals surface area contributed by atoms with Crippen LogP contribution in [0.2, 0.25) is 0 Å². The lowest BCUT2D eigenvalue weighted by Gasteiger charge is -2.03. The molecule has 0 aliphatic carbocycles. The summed E-state index contributed by atoms with van der Waals surface area (Å²) in [6.45, 7) is 0.119. The van der Waals surface area contributed by atoms with E-state index in [1.54, 1.807) is 18.3 Å². The highest BCUT2D eigenvalue weighted by Crippen LogP contribution is 2.21. The number of benzene rings is 1. The van der Waals surface area contributed by atoms with Gasteiger partial charge in [-0.1, -0.05) is 12.1 Å². The van der Waals surface area contributed by atoms with Crippen molar-refractivity contribution in [2.75, 3.05) is 13.2 Å². The van der Waals surface area contributed by atoms with Crippen molar-refractivity contribution in [2.45, 2.75) is 0 Å². The molecule has 0 radical (unpaired) electrons. The van der Waals surface area contributed by atoms with Crippen LogP contribution in [0.5, 0.6) is 0 Å². The molecule has 6 nitrogen and oxygen atoms in total. The average molecular weight is 282 g/mol. The van der Waals surface area contributed by atoms with Crippen LogP contribution in [-0.4, -0.2) is 39.1 Å². The third-order valence-corrected chi connectivity index (χ3v) is 3.06. The molecule has 106 valence electrons. The molecule has 1 amide bonds. The van der Waals surface area contributed by atoms with E-state index in [-0.39, 0.29) is 19.1 Å². The van der Waals surface area contributed by atoms with Crippen LogP contribution in [-0.2, 0) is 0 Å². The fourth-order valence-electron chi connectivity index (χ4n) is 2.10. The van der Waals surface area contributed by atoms with Crippen molar-refractivity contribution < 1.29 is 9.90 Å². The Bertz CT molecular complexity index is 768. The number of hydrogen-bond acceptors (Lipinski definition) is 4. The molecule has 3 aromatic rings. The van der Waals surface area contributed by atoms with Crippen molar-refractivity contribution in [1.82, 2.24) is 20.3 Å². The molecule has 2 aromatic heterocycles. The highest BCUT2D eigenvalue weighted by molar-refractivity contribution is 6.05. The standard InChI is InChI=1S/C15H14N4O2/c20-9-8-17-15(21)10-4-3-6-11-13(10)19-14(18-11)12-5-1-2-7-16-12/h1-7,20H,8-9H2,(H,17,21)(H,18,19). The van der Waals surface area contributed by atoms with Gasteiger partial charge in [0, 0.05) is 12.7 Å². The third-order valence-electron chi connectivity index (χ3n) is 3.06. The van der Waals surface area contributed by atoms with Gasteiger partial charge in [0.1, 0.15) is 11.2 Å². The van der Waals surface area contributed by atoms with Crippen LogP contribution in [0.3, 0.4) is 0 Å². The Kier molecular flexibility index (Phi) is 3.61. The summed E-state index contributed by atoms with van der Waals surface area (Å²) in [5, 5.41) is 11.4. The maximum Gasteiger partial charge on any atom is 0.253 e. The van der Waals surface area contributed by atoms with E-state index in [0.29, 0.717) is 16.9 Å². The summed E-state index contributed by atoms with van der Waals surface area (Å²) in [5.74, 6) is 0.363. The molecule has 21 heavy (non-hydrogen) atoms. The van der Waals surface area contributed by atoms with Crippen LogP contribution in [0.1, 0.15) is 10.4 Å². The molecule has 0 unspecified atom stereocenters. The largest absolute Gasteiger partial charge is 0.395 e. The lowest BCUT2D eigenvalue weighted by Crippen LogP contribution is -2.26. The second kappa shape index (κ2) is 5.72. The van der Waals surface area contributed by atoms with E-state index in [2.05, 4.69) is 20.3 Å². The van der Waals surface area contributed by atoms with Gasteiger partial charge in [-0.25, -0.2) is 4.98 Å². The quantitative estimate of drug-likeness (QED) is 0.673. The average Bonchev–Trinajstić information content (AvgIpc) is 2.97. The summed E-state index contributed by atoms with van der Waals surface area (Å²) in [6.07, 6.45) is 1.69. The number of aromatic amines is 1. The minimum absolute atomic E-state index is 0.0958. The molecule has 1 aromatic carbocycles. The number of carbonyl (C=O) groups is 1. The second-order valence-corrected chi connectivity index (χ2v) is 4.48. The summed E-state index contributed by atoms with van der Waals surface area (Å²) in [6, 6.07) is 10.9. The maximum atomic E-state index is 12.1. The van der Waals surface area contributed by atoms with Crippen molar-refractivity contribution in [2.24, 2.45) is 0 Å². The SMILES string of the molecule is O=C(NCCO)c1cccc2[nH]c(-c3ccccn3)nc12. The highest BCUT2D eigenvalue weighted by atomic mass is 16.3. The van der Waals surface area contributed by atoms with E-state index in [0.717, 1.165) is 11.2 Å². The number of nitrogens with zero attached hydrogens (tertiary/aromatic N) is 2. The van der Waals surface area contributed by atoms with Crippen LogP contribution < -0.4 is 5.32 Å². The number of rotatable bonds is 4. The van der Waals surface area contributed by atoms with Gasteiger partial charge in [-0.3, -0.25) is 9.78 Å². The van der Waals surface area contributed by atoms with Crippen LogP contribution in [0.4, 0.5) is 0 Å². The smallest absolute Gasteiger partial charge is 0.253 e. The number of amides is 1. The number of H-pyrrole nitrogens is 1. The van der Waals surface area contributed by atoms with Gasteiger partial charge in [0.05, 0.1) is 17.7 Å². The summed E-state index contributed by atoms with van der Waals surface area (Å²) < 4.78 is 0. The van der Waals surface area contributed by atoms with E-state index in [1.807, 2.05) is 24.3 Å². The molecule has 3 rings (SSSR count). The first-order chi connectivity index (χ1) is 10.3. The number of aliphatic hydroxyl groups excluding tert-OH is 1. The molecule has 0 fully saturated rings. The number of hydrogen-bond donors (Lipinski definition) is 3. The molecule has 0 atom stereocenters. The van der Waals surface area contributed by atoms with Crippen LogP contribution in [0, 0.1) is 0 Å². The summed E-state index contributed by atoms with van der Waals surface area (Å²) in [5.41, 5.74) is 2.55. The normalized spacial score (nSPS) is 10.7. The minimum Gasteiger partial charge on any atom is -0.395 e. The third kappa shape index (κ3) is 2.61. The Morgan fingerprint density at radius 3 is 2.90 bits per heavy atom. The Morgan fingerprint density at radius 2 is 2.14 bits per heavy atom. The molecule has 6 heteroatoms. The monoisotopic (exact) mass is 282 g/mol. The predicted molar refractivity (Wildman–Crippen MR) is 78.7 cm³/mol. The lowest BCUT2D eigenvalue weighted by molar-refractivity contribution is 0.0946. The Morgan fingerprint density at radius 1 is 1.24 bits per heavy atom. The van der Waals surface area contributed by atoms with E-state index in [1.165, 1.54) is 0 Å². The van der Waals surface area contributed by atoms with E-state index >= 15 is 0 Å². The lowest BCUT2D eigenvalue weighted by atomic mass is 10.1. The zero-order valence-corrected chi connectivity index (χ0v) is 11.2. The first kappa shape index (κ1) is 13.3. The number of aromatic nitrogens is 3. The number of para-hydroxylation sites is 1. The summed E-state index contributed by atoms with van der Waals surface area (Å²) in [4.78, 5) is 23.9. The molecule has 0 aliphatic heterocycles. The van der Waals surface area contributed by atoms with Gasteiger partial charge in [0.2, 0.25) is 0 Å². The molecular weight excluding hydrogens is 268 g/mol. The summed E-state index contributed by atoms with van der Waals surface area (Å²) >= 11 is 0. The molecule has 2 heterocycles. The predicted octanol–water partition coefficient (Wildman–Crippen LogP) is 1.35. The van der Waals surface area contributed by atoms with Crippen molar-refractivity contribution in [3.63, 3.8) is 0 Å². The van der Waals surface area contributed by atoms with E-state index < -0.39 is 0 Å². The van der Waals surface area contributed by atoms with Gasteiger partial charge in [-0.15, -0.1) is 0 Å². The van der Waals surface area contributed by atoms with E-state index in [9.17, 15) is 4.79 Å². The molecule has 0 saturated heterocycles. The Hall–Kier alpha value is -2.73. The first-order valence-electron chi connectivity index (χ1n) is 6.59. The van der Waals surface area contributed by atoms with Gasteiger partial charge < -0.3 is 15.4 Å². The fraction of sp³-hybridized carbons (Fsp3) is 0.133. The maximum absolute atomic E-state index is 12.1. The van der Waals surface area contributed by atoms with Gasteiger partial charge in [0.25, 0.3) is 5.91 Å². The van der Waals surface area contributed by atoms with Crippen LogP contribution >= 0.6 is 0 Å². The fourth-order valence-corrected chi connectivity index (χ4v) is 2.10. The molecule has 0 aliphatic rings. The number of imidazole rings is 1. The molecule has 3 N–H and O–H groups in total. The number of pyridine rings is 1. The van der Waals surface area contributed by atoms with Gasteiger partial charge in [-0.2, -0.15) is 0 Å². The zero-order valence-electron chi connectivity index (χ0n) is 11.2. The Labute approximate surface area is 120 Å². The molecule has 0 saturated carbocycles. The highest BCUT2D eigenvalue weighted by Gasteiger charge is 2.14. The van der Waals surface area contributed by atoms with Crippen LogP contribution in [0.15, 0.2) is 42.6 Å². The van der Waals surface area contributed by atoms with E-state index in [4.69, 9.17) is 5.11 Å². The number of aliphatic hydroxyl groups is 1.